The molecule has 0 atom stereocenters. The zero-order valence-corrected chi connectivity index (χ0v) is 15.2. The van der Waals surface area contributed by atoms with Crippen molar-refractivity contribution in [2.45, 2.75) is 13.5 Å². The minimum atomic E-state index is -0.195. The van der Waals surface area contributed by atoms with E-state index in [1.165, 1.54) is 0 Å². The SMILES string of the molecule is COc1ccc(CNc2nc(C)cc(C(=O)NCCN(C)C)n2)cc1. The summed E-state index contributed by atoms with van der Waals surface area (Å²) in [4.78, 5) is 22.9. The fourth-order valence-corrected chi connectivity index (χ4v) is 2.17. The van der Waals surface area contributed by atoms with Gasteiger partial charge in [0.2, 0.25) is 5.95 Å². The summed E-state index contributed by atoms with van der Waals surface area (Å²) in [7, 11) is 5.56. The lowest BCUT2D eigenvalue weighted by Crippen LogP contribution is -2.32. The Morgan fingerprint density at radius 3 is 2.56 bits per heavy atom. The number of nitrogens with one attached hydrogen (secondary N) is 2. The number of hydrogen-bond donors (Lipinski definition) is 2. The third-order valence-electron chi connectivity index (χ3n) is 3.54. The van der Waals surface area contributed by atoms with Gasteiger partial charge in [0.15, 0.2) is 0 Å². The first kappa shape index (κ1) is 18.7. The first-order valence-corrected chi connectivity index (χ1v) is 8.13. The molecular formula is C18H25N5O2. The van der Waals surface area contributed by atoms with Crippen LogP contribution in [0, 0.1) is 6.92 Å². The maximum Gasteiger partial charge on any atom is 0.270 e. The molecule has 0 aliphatic carbocycles. The van der Waals surface area contributed by atoms with Gasteiger partial charge in [0.05, 0.1) is 7.11 Å². The van der Waals surface area contributed by atoms with Crippen LogP contribution < -0.4 is 15.4 Å². The third-order valence-corrected chi connectivity index (χ3v) is 3.54. The van der Waals surface area contributed by atoms with Crippen LogP contribution in [-0.4, -0.2) is 55.1 Å². The lowest BCUT2D eigenvalue weighted by molar-refractivity contribution is 0.0946. The van der Waals surface area contributed by atoms with E-state index in [1.807, 2.05) is 50.2 Å². The Labute approximate surface area is 148 Å². The van der Waals surface area contributed by atoms with Crippen LogP contribution >= 0.6 is 0 Å². The van der Waals surface area contributed by atoms with Gasteiger partial charge in [-0.3, -0.25) is 4.79 Å². The lowest BCUT2D eigenvalue weighted by atomic mass is 10.2. The molecule has 1 heterocycles. The van der Waals surface area contributed by atoms with Crippen LogP contribution in [0.15, 0.2) is 30.3 Å². The molecule has 0 saturated heterocycles. The number of hydrogen-bond acceptors (Lipinski definition) is 6. The molecule has 0 aliphatic rings. The van der Waals surface area contributed by atoms with E-state index in [0.29, 0.717) is 24.7 Å². The number of benzene rings is 1. The predicted molar refractivity (Wildman–Crippen MR) is 98.0 cm³/mol. The van der Waals surface area contributed by atoms with E-state index in [1.54, 1.807) is 13.2 Å². The van der Waals surface area contributed by atoms with E-state index in [2.05, 4.69) is 20.6 Å². The van der Waals surface area contributed by atoms with E-state index < -0.39 is 0 Å². The Hall–Kier alpha value is -2.67. The smallest absolute Gasteiger partial charge is 0.270 e. The predicted octanol–water partition coefficient (Wildman–Crippen LogP) is 1.70. The largest absolute Gasteiger partial charge is 0.497 e. The van der Waals surface area contributed by atoms with Crippen LogP contribution in [0.4, 0.5) is 5.95 Å². The first-order valence-electron chi connectivity index (χ1n) is 8.13. The van der Waals surface area contributed by atoms with Crippen molar-refractivity contribution >= 4 is 11.9 Å². The molecule has 2 aromatic rings. The molecule has 1 aromatic carbocycles. The standard InChI is InChI=1S/C18H25N5O2/c1-13-11-16(17(24)19-9-10-23(2)3)22-18(21-13)20-12-14-5-7-15(25-4)8-6-14/h5-8,11H,9-10,12H2,1-4H3,(H,19,24)(H,20,21,22). The van der Waals surface area contributed by atoms with Crippen molar-refractivity contribution in [3.05, 3.63) is 47.3 Å². The Bertz CT molecular complexity index is 701. The average Bonchev–Trinajstić information content (AvgIpc) is 2.59. The van der Waals surface area contributed by atoms with Gasteiger partial charge < -0.3 is 20.3 Å². The minimum absolute atomic E-state index is 0.195. The molecule has 1 aromatic heterocycles. The van der Waals surface area contributed by atoms with Crippen LogP contribution in [0.5, 0.6) is 5.75 Å². The second-order valence-corrected chi connectivity index (χ2v) is 5.98. The zero-order chi connectivity index (χ0) is 18.2. The number of ether oxygens (including phenoxy) is 1. The minimum Gasteiger partial charge on any atom is -0.497 e. The fourth-order valence-electron chi connectivity index (χ4n) is 2.17. The highest BCUT2D eigenvalue weighted by atomic mass is 16.5. The summed E-state index contributed by atoms with van der Waals surface area (Å²) < 4.78 is 5.14. The van der Waals surface area contributed by atoms with E-state index in [-0.39, 0.29) is 5.91 Å². The second-order valence-electron chi connectivity index (χ2n) is 5.98. The van der Waals surface area contributed by atoms with Crippen molar-refractivity contribution in [3.8, 4) is 5.75 Å². The summed E-state index contributed by atoms with van der Waals surface area (Å²) in [5.41, 5.74) is 2.18. The number of amides is 1. The highest BCUT2D eigenvalue weighted by Gasteiger charge is 2.10. The second kappa shape index (κ2) is 8.98. The molecule has 7 nitrogen and oxygen atoms in total. The summed E-state index contributed by atoms with van der Waals surface area (Å²) in [5, 5.41) is 6.02. The van der Waals surface area contributed by atoms with Gasteiger partial charge in [-0.15, -0.1) is 0 Å². The van der Waals surface area contributed by atoms with Gasteiger partial charge >= 0.3 is 0 Å². The molecular weight excluding hydrogens is 318 g/mol. The Balaban J connectivity index is 1.98. The van der Waals surface area contributed by atoms with Crippen LogP contribution in [0.25, 0.3) is 0 Å². The lowest BCUT2D eigenvalue weighted by Gasteiger charge is -2.11. The van der Waals surface area contributed by atoms with E-state index in [9.17, 15) is 4.79 Å². The Morgan fingerprint density at radius 1 is 1.20 bits per heavy atom. The number of carbonyl (C=O) groups excluding carboxylic acids is 1. The fraction of sp³-hybridized carbons (Fsp3) is 0.389. The number of likely N-dealkylation sites (N-methyl/N-ethyl adjacent to an activating group) is 1. The topological polar surface area (TPSA) is 79.4 Å². The Morgan fingerprint density at radius 2 is 1.92 bits per heavy atom. The van der Waals surface area contributed by atoms with Gasteiger partial charge in [0, 0.05) is 25.3 Å². The van der Waals surface area contributed by atoms with Crippen molar-refractivity contribution in [3.63, 3.8) is 0 Å². The van der Waals surface area contributed by atoms with E-state index in [4.69, 9.17) is 4.74 Å². The van der Waals surface area contributed by atoms with Crippen molar-refractivity contribution in [1.82, 2.24) is 20.2 Å². The van der Waals surface area contributed by atoms with Crippen LogP contribution in [0.1, 0.15) is 21.7 Å². The van der Waals surface area contributed by atoms with Gasteiger partial charge in [-0.1, -0.05) is 12.1 Å². The van der Waals surface area contributed by atoms with Crippen molar-refractivity contribution in [2.75, 3.05) is 39.6 Å². The number of rotatable bonds is 8. The number of aryl methyl sites for hydroxylation is 1. The van der Waals surface area contributed by atoms with E-state index in [0.717, 1.165) is 23.6 Å². The molecule has 7 heteroatoms. The monoisotopic (exact) mass is 343 g/mol. The number of methoxy groups -OCH3 is 1. The molecule has 0 unspecified atom stereocenters. The normalized spacial score (nSPS) is 10.6. The summed E-state index contributed by atoms with van der Waals surface area (Å²) in [6.07, 6.45) is 0. The van der Waals surface area contributed by atoms with Gasteiger partial charge in [-0.05, 0) is 44.8 Å². The molecule has 2 rings (SSSR count). The van der Waals surface area contributed by atoms with Gasteiger partial charge in [0.1, 0.15) is 11.4 Å². The number of anilines is 1. The quantitative estimate of drug-likeness (QED) is 0.759. The average molecular weight is 343 g/mol. The molecule has 0 bridgehead atoms. The zero-order valence-electron chi connectivity index (χ0n) is 15.2. The maximum atomic E-state index is 12.2. The van der Waals surface area contributed by atoms with Gasteiger partial charge in [0.25, 0.3) is 5.91 Å². The number of aromatic nitrogens is 2. The summed E-state index contributed by atoms with van der Waals surface area (Å²) in [6, 6.07) is 9.42. The van der Waals surface area contributed by atoms with E-state index >= 15 is 0 Å². The number of nitrogens with zero attached hydrogens (tertiary/aromatic N) is 3. The van der Waals surface area contributed by atoms with Crippen LogP contribution in [-0.2, 0) is 6.54 Å². The molecule has 25 heavy (non-hydrogen) atoms. The van der Waals surface area contributed by atoms with Crippen molar-refractivity contribution in [2.24, 2.45) is 0 Å². The third kappa shape index (κ3) is 6.04. The summed E-state index contributed by atoms with van der Waals surface area (Å²) >= 11 is 0. The molecule has 0 aliphatic heterocycles. The van der Waals surface area contributed by atoms with Crippen LogP contribution in [0.2, 0.25) is 0 Å². The van der Waals surface area contributed by atoms with Crippen molar-refractivity contribution in [1.29, 1.82) is 0 Å². The molecule has 2 N–H and O–H groups in total. The van der Waals surface area contributed by atoms with Crippen LogP contribution in [0.3, 0.4) is 0 Å². The highest BCUT2D eigenvalue weighted by molar-refractivity contribution is 5.92. The first-order chi connectivity index (χ1) is 12.0. The van der Waals surface area contributed by atoms with Gasteiger partial charge in [-0.25, -0.2) is 9.97 Å². The maximum absolute atomic E-state index is 12.2. The van der Waals surface area contributed by atoms with Gasteiger partial charge in [-0.2, -0.15) is 0 Å². The molecule has 0 radical (unpaired) electrons. The molecule has 0 saturated carbocycles. The van der Waals surface area contributed by atoms with Crippen molar-refractivity contribution < 1.29 is 9.53 Å². The molecule has 1 amide bonds. The highest BCUT2D eigenvalue weighted by Crippen LogP contribution is 2.12. The summed E-state index contributed by atoms with van der Waals surface area (Å²) in [5.74, 6) is 1.06. The number of carbonyl (C=O) groups is 1. The molecule has 0 fully saturated rings. The molecule has 0 spiro atoms. The Kier molecular flexibility index (Phi) is 6.71. The molecule has 134 valence electrons. The summed E-state index contributed by atoms with van der Waals surface area (Å²) in [6.45, 7) is 3.76.